The fraction of sp³-hybridized carbons (Fsp3) is 0.562. The van der Waals surface area contributed by atoms with Gasteiger partial charge in [-0.05, 0) is 56.5 Å². The number of piperidine rings is 1. The maximum absolute atomic E-state index is 12.7. The van der Waals surface area contributed by atoms with Crippen LogP contribution in [0.3, 0.4) is 0 Å². The van der Waals surface area contributed by atoms with Crippen LogP contribution in [0.4, 0.5) is 0 Å². The van der Waals surface area contributed by atoms with Gasteiger partial charge < -0.3 is 5.32 Å². The molecular formula is C16H22ClNO. The van der Waals surface area contributed by atoms with Crippen LogP contribution in [0.25, 0.3) is 0 Å². The number of aryl methyl sites for hydroxylation is 1. The first kappa shape index (κ1) is 14.5. The molecule has 0 atom stereocenters. The first-order valence-corrected chi connectivity index (χ1v) is 7.48. The summed E-state index contributed by atoms with van der Waals surface area (Å²) in [5.74, 6) is 0.387. The Labute approximate surface area is 120 Å². The van der Waals surface area contributed by atoms with Gasteiger partial charge in [-0.2, -0.15) is 0 Å². The smallest absolute Gasteiger partial charge is 0.143 e. The molecule has 1 heterocycles. The molecule has 1 aromatic carbocycles. The van der Waals surface area contributed by atoms with Crippen LogP contribution in [0.5, 0.6) is 0 Å². The number of rotatable bonds is 4. The lowest BCUT2D eigenvalue weighted by atomic mass is 9.69. The molecule has 0 unspecified atom stereocenters. The normalized spacial score (nSPS) is 18.3. The van der Waals surface area contributed by atoms with Crippen LogP contribution in [-0.2, 0) is 10.2 Å². The summed E-state index contributed by atoms with van der Waals surface area (Å²) in [5, 5.41) is 4.13. The topological polar surface area (TPSA) is 29.1 Å². The Kier molecular flexibility index (Phi) is 4.64. The number of carbonyl (C=O) groups excluding carboxylic acids is 1. The van der Waals surface area contributed by atoms with E-state index in [-0.39, 0.29) is 5.41 Å². The molecule has 2 nitrogen and oxygen atoms in total. The van der Waals surface area contributed by atoms with E-state index >= 15 is 0 Å². The monoisotopic (exact) mass is 279 g/mol. The van der Waals surface area contributed by atoms with Crippen LogP contribution in [0.15, 0.2) is 18.2 Å². The predicted octanol–water partition coefficient (Wildman–Crippen LogP) is 3.64. The molecule has 0 aliphatic carbocycles. The summed E-state index contributed by atoms with van der Waals surface area (Å²) in [4.78, 5) is 12.7. The van der Waals surface area contributed by atoms with E-state index in [9.17, 15) is 4.79 Å². The Morgan fingerprint density at radius 1 is 1.37 bits per heavy atom. The zero-order chi connectivity index (χ0) is 13.9. The summed E-state index contributed by atoms with van der Waals surface area (Å²) in [6, 6.07) is 6.06. The van der Waals surface area contributed by atoms with Crippen LogP contribution < -0.4 is 5.32 Å². The number of carbonyl (C=O) groups is 1. The maximum Gasteiger partial charge on any atom is 0.143 e. The molecule has 0 bridgehead atoms. The van der Waals surface area contributed by atoms with Crippen molar-refractivity contribution in [3.05, 3.63) is 34.3 Å². The van der Waals surface area contributed by atoms with Crippen molar-refractivity contribution in [2.24, 2.45) is 0 Å². The lowest BCUT2D eigenvalue weighted by Crippen LogP contribution is -2.45. The van der Waals surface area contributed by atoms with Gasteiger partial charge in [-0.15, -0.1) is 0 Å². The zero-order valence-corrected chi connectivity index (χ0v) is 12.5. The molecule has 0 amide bonds. The van der Waals surface area contributed by atoms with Crippen LogP contribution in [-0.4, -0.2) is 18.9 Å². The summed E-state index contributed by atoms with van der Waals surface area (Å²) >= 11 is 6.11. The molecule has 2 rings (SSSR count). The van der Waals surface area contributed by atoms with Crippen molar-refractivity contribution < 1.29 is 4.79 Å². The lowest BCUT2D eigenvalue weighted by molar-refractivity contribution is -0.125. The quantitative estimate of drug-likeness (QED) is 0.912. The summed E-state index contributed by atoms with van der Waals surface area (Å²) in [6.07, 6.45) is 3.38. The highest BCUT2D eigenvalue weighted by Crippen LogP contribution is 2.37. The van der Waals surface area contributed by atoms with Crippen LogP contribution in [0.2, 0.25) is 5.02 Å². The van der Waals surface area contributed by atoms with Gasteiger partial charge in [0.05, 0.1) is 5.41 Å². The van der Waals surface area contributed by atoms with E-state index < -0.39 is 0 Å². The van der Waals surface area contributed by atoms with Gasteiger partial charge >= 0.3 is 0 Å². The van der Waals surface area contributed by atoms with Crippen LogP contribution in [0.1, 0.15) is 43.7 Å². The number of hydrogen-bond acceptors (Lipinski definition) is 2. The van der Waals surface area contributed by atoms with Gasteiger partial charge in [0.15, 0.2) is 0 Å². The largest absolute Gasteiger partial charge is 0.317 e. The Hall–Kier alpha value is -0.860. The second-order valence-corrected chi connectivity index (χ2v) is 5.88. The Morgan fingerprint density at radius 2 is 2.05 bits per heavy atom. The van der Waals surface area contributed by atoms with Gasteiger partial charge in [0, 0.05) is 11.4 Å². The van der Waals surface area contributed by atoms with Crippen molar-refractivity contribution in [3.8, 4) is 0 Å². The summed E-state index contributed by atoms with van der Waals surface area (Å²) in [6.45, 7) is 5.90. The van der Waals surface area contributed by atoms with Gasteiger partial charge in [0.25, 0.3) is 0 Å². The molecule has 1 saturated heterocycles. The van der Waals surface area contributed by atoms with Crippen molar-refractivity contribution >= 4 is 17.4 Å². The number of nitrogens with one attached hydrogen (secondary N) is 1. The number of ketones is 1. The minimum Gasteiger partial charge on any atom is -0.317 e. The average molecular weight is 280 g/mol. The van der Waals surface area contributed by atoms with Gasteiger partial charge in [-0.1, -0.05) is 30.7 Å². The lowest BCUT2D eigenvalue weighted by Gasteiger charge is -2.37. The van der Waals surface area contributed by atoms with Crippen molar-refractivity contribution in [2.45, 2.75) is 44.9 Å². The van der Waals surface area contributed by atoms with Crippen LogP contribution >= 0.6 is 11.6 Å². The van der Waals surface area contributed by atoms with Crippen molar-refractivity contribution in [2.75, 3.05) is 13.1 Å². The highest BCUT2D eigenvalue weighted by molar-refractivity contribution is 6.31. The first-order chi connectivity index (χ1) is 9.10. The minimum atomic E-state index is -0.295. The molecule has 1 N–H and O–H groups in total. The SMILES string of the molecule is CCCC(=O)C1(c2ccc(Cl)c(C)c2)CCNCC1. The van der Waals surface area contributed by atoms with Gasteiger partial charge in [-0.3, -0.25) is 4.79 Å². The number of hydrogen-bond donors (Lipinski definition) is 1. The van der Waals surface area contributed by atoms with E-state index in [4.69, 9.17) is 11.6 Å². The van der Waals surface area contributed by atoms with E-state index in [0.717, 1.165) is 48.5 Å². The Balaban J connectivity index is 2.41. The van der Waals surface area contributed by atoms with Gasteiger partial charge in [0.1, 0.15) is 5.78 Å². The van der Waals surface area contributed by atoms with E-state index in [0.29, 0.717) is 12.2 Å². The maximum atomic E-state index is 12.7. The fourth-order valence-electron chi connectivity index (χ4n) is 2.99. The summed E-state index contributed by atoms with van der Waals surface area (Å²) in [5.41, 5.74) is 1.91. The molecule has 1 aromatic rings. The average Bonchev–Trinajstić information content (AvgIpc) is 2.43. The summed E-state index contributed by atoms with van der Waals surface area (Å²) < 4.78 is 0. The third-order valence-electron chi connectivity index (χ3n) is 4.18. The highest BCUT2D eigenvalue weighted by Gasteiger charge is 2.40. The summed E-state index contributed by atoms with van der Waals surface area (Å²) in [7, 11) is 0. The third kappa shape index (κ3) is 2.85. The van der Waals surface area contributed by atoms with Crippen molar-refractivity contribution in [1.82, 2.24) is 5.32 Å². The van der Waals surface area contributed by atoms with Gasteiger partial charge in [0.2, 0.25) is 0 Å². The molecule has 3 heteroatoms. The predicted molar refractivity (Wildman–Crippen MR) is 79.9 cm³/mol. The molecule has 104 valence electrons. The molecule has 19 heavy (non-hydrogen) atoms. The number of Topliss-reactive ketones (excluding diaryl/α,β-unsaturated/α-hetero) is 1. The number of halogens is 1. The van der Waals surface area contributed by atoms with E-state index in [2.05, 4.69) is 18.3 Å². The minimum absolute atomic E-state index is 0.295. The highest BCUT2D eigenvalue weighted by atomic mass is 35.5. The fourth-order valence-corrected chi connectivity index (χ4v) is 3.11. The van der Waals surface area contributed by atoms with E-state index in [1.165, 1.54) is 0 Å². The second-order valence-electron chi connectivity index (χ2n) is 5.47. The number of benzene rings is 1. The molecule has 1 aliphatic heterocycles. The third-order valence-corrected chi connectivity index (χ3v) is 4.60. The molecule has 0 spiro atoms. The molecular weight excluding hydrogens is 258 g/mol. The molecule has 0 radical (unpaired) electrons. The van der Waals surface area contributed by atoms with Crippen molar-refractivity contribution in [1.29, 1.82) is 0 Å². The Morgan fingerprint density at radius 3 is 2.63 bits per heavy atom. The van der Waals surface area contributed by atoms with E-state index in [1.807, 2.05) is 19.1 Å². The van der Waals surface area contributed by atoms with Gasteiger partial charge in [-0.25, -0.2) is 0 Å². The first-order valence-electron chi connectivity index (χ1n) is 7.11. The molecule has 1 fully saturated rings. The van der Waals surface area contributed by atoms with Crippen LogP contribution in [0, 0.1) is 6.92 Å². The standard InChI is InChI=1S/C16H22ClNO/c1-3-4-15(19)16(7-9-18-10-8-16)13-5-6-14(17)12(2)11-13/h5-6,11,18H,3-4,7-10H2,1-2H3. The van der Waals surface area contributed by atoms with E-state index in [1.54, 1.807) is 0 Å². The molecule has 0 saturated carbocycles. The molecule has 0 aromatic heterocycles. The zero-order valence-electron chi connectivity index (χ0n) is 11.8. The van der Waals surface area contributed by atoms with Crippen molar-refractivity contribution in [3.63, 3.8) is 0 Å². The molecule has 1 aliphatic rings. The Bertz CT molecular complexity index is 464. The second kappa shape index (κ2) is 6.06.